The van der Waals surface area contributed by atoms with Crippen LogP contribution in [0.25, 0.3) is 0 Å². The Hall–Kier alpha value is -2.01. The predicted molar refractivity (Wildman–Crippen MR) is 68.0 cm³/mol. The molecule has 1 heterocycles. The molecule has 0 aliphatic carbocycles. The number of esters is 2. The van der Waals surface area contributed by atoms with E-state index < -0.39 is 55.3 Å². The molecule has 0 N–H and O–H groups in total. The van der Waals surface area contributed by atoms with Crippen LogP contribution in [0.2, 0.25) is 0 Å². The molecule has 0 spiro atoms. The maximum Gasteiger partial charge on any atom is 0.490 e. The number of likely N-dealkylation sites (tertiary alicyclic amines) is 1. The summed E-state index contributed by atoms with van der Waals surface area (Å²) in [6, 6.07) is -1.78. The second-order valence-corrected chi connectivity index (χ2v) is 5.25. The van der Waals surface area contributed by atoms with Crippen LogP contribution < -0.4 is 0 Å². The van der Waals surface area contributed by atoms with Crippen LogP contribution in [0, 0.1) is 0 Å². The van der Waals surface area contributed by atoms with Crippen LogP contribution in [0.1, 0.15) is 26.2 Å². The number of carbonyl (C=O) groups excluding carboxylic acids is 3. The molecule has 0 aromatic rings. The van der Waals surface area contributed by atoms with E-state index in [-0.39, 0.29) is 11.5 Å². The van der Waals surface area contributed by atoms with E-state index in [9.17, 15) is 40.7 Å². The molecular formula is C13H15F6NO5. The van der Waals surface area contributed by atoms with Crippen molar-refractivity contribution in [1.82, 2.24) is 4.90 Å². The standard InChI is InChI=1S/C13H15F6NO5/c1-2-3-4-24-9(21)8-5-7(25-11(23)13(17,18)19)6-20(8)10(22)12(14,15)16/h7-8H,2-6H2,1H3. The zero-order valence-corrected chi connectivity index (χ0v) is 12.9. The SMILES string of the molecule is CCCCOC(=O)C1CC(OC(=O)C(F)(F)F)CN1C(=O)C(F)(F)F. The van der Waals surface area contributed by atoms with Gasteiger partial charge in [-0.2, -0.15) is 26.3 Å². The van der Waals surface area contributed by atoms with Crippen molar-refractivity contribution in [3.8, 4) is 0 Å². The molecular weight excluding hydrogens is 364 g/mol. The molecule has 2 atom stereocenters. The van der Waals surface area contributed by atoms with Gasteiger partial charge in [0.2, 0.25) is 0 Å². The summed E-state index contributed by atoms with van der Waals surface area (Å²) in [4.78, 5) is 34.0. The normalized spacial score (nSPS) is 21.2. The van der Waals surface area contributed by atoms with Crippen molar-refractivity contribution in [2.45, 2.75) is 50.7 Å². The molecule has 1 amide bonds. The molecule has 1 saturated heterocycles. The average Bonchev–Trinajstić information content (AvgIpc) is 2.88. The van der Waals surface area contributed by atoms with Crippen molar-refractivity contribution >= 4 is 17.8 Å². The smallest absolute Gasteiger partial charge is 0.464 e. The maximum absolute atomic E-state index is 12.6. The zero-order chi connectivity index (χ0) is 19.4. The van der Waals surface area contributed by atoms with Crippen molar-refractivity contribution in [2.24, 2.45) is 0 Å². The Kier molecular flexibility index (Phi) is 6.66. The van der Waals surface area contributed by atoms with Gasteiger partial charge >= 0.3 is 30.2 Å². The van der Waals surface area contributed by atoms with E-state index in [4.69, 9.17) is 4.74 Å². The lowest BCUT2D eigenvalue weighted by molar-refractivity contribution is -0.204. The first-order valence-corrected chi connectivity index (χ1v) is 7.20. The summed E-state index contributed by atoms with van der Waals surface area (Å²) in [5.74, 6) is -6.23. The van der Waals surface area contributed by atoms with Gasteiger partial charge in [-0.3, -0.25) is 4.79 Å². The monoisotopic (exact) mass is 379 g/mol. The highest BCUT2D eigenvalue weighted by Crippen LogP contribution is 2.29. The van der Waals surface area contributed by atoms with E-state index in [2.05, 4.69) is 4.74 Å². The number of carbonyl (C=O) groups is 3. The first-order valence-electron chi connectivity index (χ1n) is 7.20. The Labute approximate surface area is 138 Å². The van der Waals surface area contributed by atoms with E-state index in [1.807, 2.05) is 0 Å². The molecule has 1 aliphatic rings. The Morgan fingerprint density at radius 2 is 1.68 bits per heavy atom. The lowest BCUT2D eigenvalue weighted by atomic mass is 10.2. The molecule has 0 aromatic heterocycles. The van der Waals surface area contributed by atoms with Gasteiger partial charge in [-0.15, -0.1) is 0 Å². The van der Waals surface area contributed by atoms with Crippen LogP contribution in [0.5, 0.6) is 0 Å². The Bertz CT molecular complexity index is 518. The van der Waals surface area contributed by atoms with Gasteiger partial charge in [0.15, 0.2) is 0 Å². The van der Waals surface area contributed by atoms with E-state index in [0.717, 1.165) is 0 Å². The van der Waals surface area contributed by atoms with Crippen molar-refractivity contribution in [3.63, 3.8) is 0 Å². The summed E-state index contributed by atoms with van der Waals surface area (Å²) in [6.45, 7) is 0.649. The fourth-order valence-corrected chi connectivity index (χ4v) is 2.13. The van der Waals surface area contributed by atoms with Crippen LogP contribution in [-0.2, 0) is 23.9 Å². The average molecular weight is 379 g/mol. The van der Waals surface area contributed by atoms with Gasteiger partial charge in [0.25, 0.3) is 0 Å². The van der Waals surface area contributed by atoms with Crippen molar-refractivity contribution in [3.05, 3.63) is 0 Å². The molecule has 6 nitrogen and oxygen atoms in total. The summed E-state index contributed by atoms with van der Waals surface area (Å²) >= 11 is 0. The summed E-state index contributed by atoms with van der Waals surface area (Å²) in [5.41, 5.74) is 0. The van der Waals surface area contributed by atoms with Gasteiger partial charge in [-0.25, -0.2) is 9.59 Å². The predicted octanol–water partition coefficient (Wildman–Crippen LogP) is 1.97. The minimum absolute atomic E-state index is 0.0165. The van der Waals surface area contributed by atoms with Crippen molar-refractivity contribution in [1.29, 1.82) is 0 Å². The number of hydrogen-bond donors (Lipinski definition) is 0. The fourth-order valence-electron chi connectivity index (χ4n) is 2.13. The highest BCUT2D eigenvalue weighted by atomic mass is 19.4. The topological polar surface area (TPSA) is 72.9 Å². The van der Waals surface area contributed by atoms with Crippen LogP contribution in [0.4, 0.5) is 26.3 Å². The van der Waals surface area contributed by atoms with Gasteiger partial charge in [0, 0.05) is 6.42 Å². The lowest BCUT2D eigenvalue weighted by Crippen LogP contribution is -2.47. The molecule has 0 bridgehead atoms. The van der Waals surface area contributed by atoms with E-state index in [0.29, 0.717) is 12.8 Å². The number of halogens is 6. The maximum atomic E-state index is 12.6. The van der Waals surface area contributed by atoms with Crippen molar-refractivity contribution in [2.75, 3.05) is 13.2 Å². The third-order valence-corrected chi connectivity index (χ3v) is 3.29. The quantitative estimate of drug-likeness (QED) is 0.415. The minimum Gasteiger partial charge on any atom is -0.464 e. The van der Waals surface area contributed by atoms with Gasteiger partial charge in [-0.05, 0) is 6.42 Å². The molecule has 0 radical (unpaired) electrons. The van der Waals surface area contributed by atoms with Crippen LogP contribution >= 0.6 is 0 Å². The zero-order valence-electron chi connectivity index (χ0n) is 12.9. The van der Waals surface area contributed by atoms with Crippen LogP contribution in [0.3, 0.4) is 0 Å². The Morgan fingerprint density at radius 3 is 2.16 bits per heavy atom. The van der Waals surface area contributed by atoms with Crippen molar-refractivity contribution < 1.29 is 50.2 Å². The number of hydrogen-bond acceptors (Lipinski definition) is 5. The lowest BCUT2D eigenvalue weighted by Gasteiger charge is -2.23. The van der Waals surface area contributed by atoms with Gasteiger partial charge < -0.3 is 14.4 Å². The molecule has 144 valence electrons. The molecule has 25 heavy (non-hydrogen) atoms. The Balaban J connectivity index is 2.88. The molecule has 12 heteroatoms. The molecule has 1 aliphatic heterocycles. The Morgan fingerprint density at radius 1 is 1.08 bits per heavy atom. The molecule has 0 aromatic carbocycles. The van der Waals surface area contributed by atoms with Crippen LogP contribution in [0.15, 0.2) is 0 Å². The first kappa shape index (κ1) is 21.0. The highest BCUT2D eigenvalue weighted by molar-refractivity contribution is 5.88. The largest absolute Gasteiger partial charge is 0.490 e. The van der Waals surface area contributed by atoms with E-state index in [1.165, 1.54) is 0 Å². The molecule has 2 unspecified atom stereocenters. The minimum atomic E-state index is -5.35. The number of amides is 1. The molecule has 0 saturated carbocycles. The van der Waals surface area contributed by atoms with Gasteiger partial charge in [-0.1, -0.05) is 13.3 Å². The summed E-state index contributed by atoms with van der Waals surface area (Å²) in [7, 11) is 0. The fraction of sp³-hybridized carbons (Fsp3) is 0.769. The summed E-state index contributed by atoms with van der Waals surface area (Å²) in [5, 5.41) is 0. The second-order valence-electron chi connectivity index (χ2n) is 5.25. The summed E-state index contributed by atoms with van der Waals surface area (Å²) < 4.78 is 83.1. The number of alkyl halides is 6. The number of nitrogens with zero attached hydrogens (tertiary/aromatic N) is 1. The summed E-state index contributed by atoms with van der Waals surface area (Å²) in [6.07, 6.45) is -12.1. The van der Waals surface area contributed by atoms with Gasteiger partial charge in [0.1, 0.15) is 12.1 Å². The van der Waals surface area contributed by atoms with Crippen LogP contribution in [-0.4, -0.2) is 60.4 Å². The second kappa shape index (κ2) is 7.91. The first-order chi connectivity index (χ1) is 11.4. The molecule has 1 fully saturated rings. The number of ether oxygens (including phenoxy) is 2. The van der Waals surface area contributed by atoms with E-state index in [1.54, 1.807) is 6.92 Å². The molecule has 1 rings (SSSR count). The van der Waals surface area contributed by atoms with Gasteiger partial charge in [0.05, 0.1) is 13.2 Å². The third-order valence-electron chi connectivity index (χ3n) is 3.29. The van der Waals surface area contributed by atoms with E-state index >= 15 is 0 Å². The number of unbranched alkanes of at least 4 members (excludes halogenated alkanes) is 1. The number of rotatable bonds is 5. The third kappa shape index (κ3) is 5.78. The highest BCUT2D eigenvalue weighted by Gasteiger charge is 2.52.